The number of hydrogen-bond donors (Lipinski definition) is 1. The van der Waals surface area contributed by atoms with Gasteiger partial charge in [-0.3, -0.25) is 19.5 Å². The van der Waals surface area contributed by atoms with Gasteiger partial charge >= 0.3 is 0 Å². The summed E-state index contributed by atoms with van der Waals surface area (Å²) in [5.74, 6) is 0.0865. The largest absolute Gasteiger partial charge is 0.289 e. The molecule has 8 nitrogen and oxygen atoms in total. The summed E-state index contributed by atoms with van der Waals surface area (Å²) in [5.41, 5.74) is 0.550. The van der Waals surface area contributed by atoms with Crippen molar-refractivity contribution in [1.29, 1.82) is 0 Å². The van der Waals surface area contributed by atoms with E-state index in [-0.39, 0.29) is 5.82 Å². The Hall–Kier alpha value is -3.72. The minimum atomic E-state index is -4.15. The Bertz CT molecular complexity index is 1310. The number of nitro benzene ring substituents is 1. The highest BCUT2D eigenvalue weighted by molar-refractivity contribution is 7.92. The van der Waals surface area contributed by atoms with E-state index >= 15 is 0 Å². The third-order valence-electron chi connectivity index (χ3n) is 4.44. The Morgan fingerprint density at radius 3 is 2.52 bits per heavy atom. The summed E-state index contributed by atoms with van der Waals surface area (Å²) in [5, 5.41) is 17.6. The van der Waals surface area contributed by atoms with Crippen LogP contribution in [0.4, 0.5) is 11.5 Å². The average Bonchev–Trinajstić information content (AvgIpc) is 3.14. The Labute approximate surface area is 166 Å². The fourth-order valence-electron chi connectivity index (χ4n) is 3.14. The minimum absolute atomic E-state index is 0.0865. The van der Waals surface area contributed by atoms with Gasteiger partial charge in [-0.15, -0.1) is 0 Å². The molecule has 0 amide bonds. The van der Waals surface area contributed by atoms with E-state index in [1.54, 1.807) is 10.9 Å². The highest BCUT2D eigenvalue weighted by Gasteiger charge is 2.25. The van der Waals surface area contributed by atoms with E-state index in [1.807, 2.05) is 42.5 Å². The molecule has 0 saturated heterocycles. The molecule has 4 aromatic rings. The van der Waals surface area contributed by atoms with Gasteiger partial charge in [-0.2, -0.15) is 5.10 Å². The molecule has 9 heteroatoms. The lowest BCUT2D eigenvalue weighted by molar-refractivity contribution is -0.387. The van der Waals surface area contributed by atoms with Crippen molar-refractivity contribution < 1.29 is 13.3 Å². The Kier molecular flexibility index (Phi) is 4.73. The second-order valence-electron chi connectivity index (χ2n) is 6.37. The van der Waals surface area contributed by atoms with Crippen LogP contribution in [0.3, 0.4) is 0 Å². The number of para-hydroxylation sites is 1. The second kappa shape index (κ2) is 7.36. The first kappa shape index (κ1) is 18.6. The predicted molar refractivity (Wildman–Crippen MR) is 109 cm³/mol. The summed E-state index contributed by atoms with van der Waals surface area (Å²) in [6, 6.07) is 20.6. The lowest BCUT2D eigenvalue weighted by Crippen LogP contribution is -2.15. The van der Waals surface area contributed by atoms with Gasteiger partial charge in [0.1, 0.15) is 0 Å². The van der Waals surface area contributed by atoms with Gasteiger partial charge in [0.25, 0.3) is 15.7 Å². The van der Waals surface area contributed by atoms with E-state index in [1.165, 1.54) is 24.3 Å². The maximum Gasteiger partial charge on any atom is 0.289 e. The third kappa shape index (κ3) is 3.81. The highest BCUT2D eigenvalue weighted by Crippen LogP contribution is 2.25. The van der Waals surface area contributed by atoms with E-state index in [0.29, 0.717) is 6.54 Å². The summed E-state index contributed by atoms with van der Waals surface area (Å²) in [7, 11) is -4.15. The molecule has 3 aromatic carbocycles. The molecule has 0 radical (unpaired) electrons. The van der Waals surface area contributed by atoms with Gasteiger partial charge in [-0.25, -0.2) is 8.42 Å². The number of rotatable bonds is 6. The maximum atomic E-state index is 12.6. The topological polar surface area (TPSA) is 107 Å². The number of sulfonamides is 1. The number of hydrogen-bond acceptors (Lipinski definition) is 5. The van der Waals surface area contributed by atoms with Gasteiger partial charge in [0.15, 0.2) is 10.7 Å². The molecule has 29 heavy (non-hydrogen) atoms. The Morgan fingerprint density at radius 2 is 1.69 bits per heavy atom. The van der Waals surface area contributed by atoms with Crippen molar-refractivity contribution in [1.82, 2.24) is 9.78 Å². The Balaban J connectivity index is 1.59. The summed E-state index contributed by atoms with van der Waals surface area (Å²) in [6.07, 6.45) is 1.65. The summed E-state index contributed by atoms with van der Waals surface area (Å²) in [4.78, 5) is 9.99. The third-order valence-corrected chi connectivity index (χ3v) is 5.85. The SMILES string of the molecule is O=[N+]([O-])c1ccccc1S(=O)(=O)Nc1ccn(Cc2cccc3ccccc23)n1. The van der Waals surface area contributed by atoms with Crippen LogP contribution in [-0.4, -0.2) is 23.1 Å². The van der Waals surface area contributed by atoms with Gasteiger partial charge in [0.05, 0.1) is 11.5 Å². The van der Waals surface area contributed by atoms with Crippen molar-refractivity contribution in [3.63, 3.8) is 0 Å². The van der Waals surface area contributed by atoms with Crippen molar-refractivity contribution >= 4 is 32.3 Å². The van der Waals surface area contributed by atoms with Crippen LogP contribution in [0, 0.1) is 10.1 Å². The van der Waals surface area contributed by atoms with Gasteiger partial charge in [-0.1, -0.05) is 54.6 Å². The highest BCUT2D eigenvalue weighted by atomic mass is 32.2. The number of aromatic nitrogens is 2. The molecule has 0 unspecified atom stereocenters. The van der Waals surface area contributed by atoms with Gasteiger partial charge in [0, 0.05) is 18.3 Å². The molecule has 0 aliphatic heterocycles. The Morgan fingerprint density at radius 1 is 0.966 bits per heavy atom. The van der Waals surface area contributed by atoms with Crippen LogP contribution >= 0.6 is 0 Å². The van der Waals surface area contributed by atoms with Crippen molar-refractivity contribution in [2.24, 2.45) is 0 Å². The van der Waals surface area contributed by atoms with Crippen LogP contribution in [0.1, 0.15) is 5.56 Å². The molecule has 146 valence electrons. The van der Waals surface area contributed by atoms with Crippen LogP contribution in [0.5, 0.6) is 0 Å². The molecule has 4 rings (SSSR count). The molecule has 0 atom stereocenters. The molecule has 0 aliphatic rings. The molecule has 0 fully saturated rings. The van der Waals surface area contributed by atoms with Crippen LogP contribution < -0.4 is 4.72 Å². The average molecular weight is 408 g/mol. The van der Waals surface area contributed by atoms with Crippen molar-refractivity contribution in [3.05, 3.63) is 94.7 Å². The van der Waals surface area contributed by atoms with Crippen LogP contribution in [0.25, 0.3) is 10.8 Å². The molecule has 1 N–H and O–H groups in total. The molecule has 0 aliphatic carbocycles. The lowest BCUT2D eigenvalue weighted by atomic mass is 10.0. The number of nitrogens with one attached hydrogen (secondary N) is 1. The van der Waals surface area contributed by atoms with Gasteiger partial charge in [-0.05, 0) is 22.4 Å². The van der Waals surface area contributed by atoms with E-state index in [9.17, 15) is 18.5 Å². The molecule has 1 aromatic heterocycles. The molecule has 0 spiro atoms. The molecule has 0 saturated carbocycles. The first-order chi connectivity index (χ1) is 13.9. The first-order valence-electron chi connectivity index (χ1n) is 8.70. The van der Waals surface area contributed by atoms with Crippen molar-refractivity contribution in [2.45, 2.75) is 11.4 Å². The quantitative estimate of drug-likeness (QED) is 0.386. The van der Waals surface area contributed by atoms with Crippen molar-refractivity contribution in [2.75, 3.05) is 4.72 Å². The number of nitrogens with zero attached hydrogens (tertiary/aromatic N) is 3. The smallest absolute Gasteiger partial charge is 0.266 e. The van der Waals surface area contributed by atoms with Crippen molar-refractivity contribution in [3.8, 4) is 0 Å². The molecular formula is C20H16N4O4S. The van der Waals surface area contributed by atoms with E-state index in [0.717, 1.165) is 22.4 Å². The molecule has 0 bridgehead atoms. The van der Waals surface area contributed by atoms with E-state index in [4.69, 9.17) is 0 Å². The van der Waals surface area contributed by atoms with Crippen LogP contribution in [-0.2, 0) is 16.6 Å². The zero-order valence-corrected chi connectivity index (χ0v) is 15.9. The fraction of sp³-hybridized carbons (Fsp3) is 0.0500. The van der Waals surface area contributed by atoms with E-state index in [2.05, 4.69) is 9.82 Å². The van der Waals surface area contributed by atoms with Crippen LogP contribution in [0.2, 0.25) is 0 Å². The first-order valence-corrected chi connectivity index (χ1v) is 10.2. The molecular weight excluding hydrogens is 392 g/mol. The van der Waals surface area contributed by atoms with Gasteiger partial charge < -0.3 is 0 Å². The zero-order valence-electron chi connectivity index (χ0n) is 15.1. The number of anilines is 1. The minimum Gasteiger partial charge on any atom is -0.266 e. The monoisotopic (exact) mass is 408 g/mol. The standard InChI is InChI=1S/C20H16N4O4S/c25-24(26)18-10-3-4-11-19(18)29(27,28)22-20-12-13-23(21-20)14-16-8-5-7-15-6-1-2-9-17(15)16/h1-13H,14H2,(H,21,22). The molecule has 1 heterocycles. The van der Waals surface area contributed by atoms with Crippen LogP contribution in [0.15, 0.2) is 83.9 Å². The fourth-order valence-corrected chi connectivity index (χ4v) is 4.31. The summed E-state index contributed by atoms with van der Waals surface area (Å²) in [6.45, 7) is 0.453. The second-order valence-corrected chi connectivity index (χ2v) is 8.02. The number of nitro groups is 1. The normalized spacial score (nSPS) is 11.4. The van der Waals surface area contributed by atoms with Gasteiger partial charge in [0.2, 0.25) is 0 Å². The number of fused-ring (bicyclic) bond motifs is 1. The van der Waals surface area contributed by atoms with E-state index < -0.39 is 25.5 Å². The maximum absolute atomic E-state index is 12.6. The lowest BCUT2D eigenvalue weighted by Gasteiger charge is -2.07. The zero-order chi connectivity index (χ0) is 20.4. The summed E-state index contributed by atoms with van der Waals surface area (Å²) >= 11 is 0. The number of benzene rings is 3. The summed E-state index contributed by atoms with van der Waals surface area (Å²) < 4.78 is 29.1. The predicted octanol–water partition coefficient (Wildman–Crippen LogP) is 3.79.